The van der Waals surface area contributed by atoms with Crippen LogP contribution in [0.4, 0.5) is 0 Å². The second kappa shape index (κ2) is 3.57. The molecule has 0 saturated heterocycles. The van der Waals surface area contributed by atoms with Crippen LogP contribution in [-0.4, -0.2) is 0 Å². The smallest absolute Gasteiger partial charge is 0.0992 e. The summed E-state index contributed by atoms with van der Waals surface area (Å²) in [5, 5.41) is 9.11. The van der Waals surface area contributed by atoms with Gasteiger partial charge in [0.15, 0.2) is 0 Å². The number of benzene rings is 1. The van der Waals surface area contributed by atoms with Crippen LogP contribution in [0.2, 0.25) is 5.02 Å². The summed E-state index contributed by atoms with van der Waals surface area (Å²) >= 11 is 5.87. The highest BCUT2D eigenvalue weighted by molar-refractivity contribution is 6.31. The monoisotopic (exact) mass is 180 g/mol. The first-order valence-corrected chi connectivity index (χ1v) is 3.98. The number of hydrogen-bond donors (Lipinski definition) is 1. The average molecular weight is 181 g/mol. The molecule has 0 spiro atoms. The summed E-state index contributed by atoms with van der Waals surface area (Å²) in [7, 11) is 0. The van der Waals surface area contributed by atoms with Crippen LogP contribution in [0.3, 0.4) is 0 Å². The van der Waals surface area contributed by atoms with Crippen molar-refractivity contribution in [1.82, 2.24) is 0 Å². The molecule has 1 atom stereocenters. The predicted octanol–water partition coefficient (Wildman–Crippen LogP) is 2.23. The minimum atomic E-state index is -0.0924. The Labute approximate surface area is 76.6 Å². The standard InChI is InChI=1S/C9H9ClN2/c1-6(12)8-3-2-7(5-11)4-9(8)10/h2-4,6H,12H2,1H3/t6-/m0/s1. The molecule has 0 unspecified atom stereocenters. The zero-order chi connectivity index (χ0) is 9.14. The molecule has 0 aliphatic heterocycles. The van der Waals surface area contributed by atoms with Crippen LogP contribution in [-0.2, 0) is 0 Å². The molecule has 1 aromatic carbocycles. The van der Waals surface area contributed by atoms with Gasteiger partial charge in [0.05, 0.1) is 11.6 Å². The normalized spacial score (nSPS) is 12.2. The fourth-order valence-electron chi connectivity index (χ4n) is 0.966. The van der Waals surface area contributed by atoms with Crippen molar-refractivity contribution in [3.05, 3.63) is 34.3 Å². The van der Waals surface area contributed by atoms with Crippen LogP contribution < -0.4 is 5.73 Å². The van der Waals surface area contributed by atoms with Crippen LogP contribution in [0.1, 0.15) is 24.1 Å². The van der Waals surface area contributed by atoms with E-state index in [2.05, 4.69) is 0 Å². The minimum Gasteiger partial charge on any atom is -0.324 e. The molecule has 0 aliphatic rings. The van der Waals surface area contributed by atoms with Crippen LogP contribution in [0.5, 0.6) is 0 Å². The van der Waals surface area contributed by atoms with Gasteiger partial charge in [0.1, 0.15) is 0 Å². The van der Waals surface area contributed by atoms with Crippen molar-refractivity contribution in [1.29, 1.82) is 5.26 Å². The summed E-state index contributed by atoms with van der Waals surface area (Å²) < 4.78 is 0. The van der Waals surface area contributed by atoms with E-state index in [0.29, 0.717) is 10.6 Å². The Bertz CT molecular complexity index is 326. The Hall–Kier alpha value is -1.04. The van der Waals surface area contributed by atoms with Crippen molar-refractivity contribution in [2.24, 2.45) is 5.73 Å². The molecule has 0 heterocycles. The van der Waals surface area contributed by atoms with Gasteiger partial charge >= 0.3 is 0 Å². The van der Waals surface area contributed by atoms with E-state index in [1.54, 1.807) is 18.2 Å². The fraction of sp³-hybridized carbons (Fsp3) is 0.222. The van der Waals surface area contributed by atoms with Gasteiger partial charge in [-0.25, -0.2) is 0 Å². The Morgan fingerprint density at radius 1 is 1.58 bits per heavy atom. The van der Waals surface area contributed by atoms with Crippen molar-refractivity contribution >= 4 is 11.6 Å². The molecule has 0 aliphatic carbocycles. The third-order valence-electron chi connectivity index (χ3n) is 1.62. The van der Waals surface area contributed by atoms with Crippen molar-refractivity contribution in [2.75, 3.05) is 0 Å². The molecule has 0 fully saturated rings. The van der Waals surface area contributed by atoms with Gasteiger partial charge in [-0.1, -0.05) is 17.7 Å². The molecule has 1 rings (SSSR count). The van der Waals surface area contributed by atoms with E-state index in [-0.39, 0.29) is 6.04 Å². The summed E-state index contributed by atoms with van der Waals surface area (Å²) in [4.78, 5) is 0. The number of nitriles is 1. The molecule has 0 radical (unpaired) electrons. The maximum Gasteiger partial charge on any atom is 0.0992 e. The largest absolute Gasteiger partial charge is 0.324 e. The first-order chi connectivity index (χ1) is 5.65. The zero-order valence-electron chi connectivity index (χ0n) is 6.71. The van der Waals surface area contributed by atoms with Crippen molar-refractivity contribution in [2.45, 2.75) is 13.0 Å². The molecule has 0 amide bonds. The van der Waals surface area contributed by atoms with E-state index in [0.717, 1.165) is 5.56 Å². The summed E-state index contributed by atoms with van der Waals surface area (Å²) in [6.45, 7) is 1.85. The van der Waals surface area contributed by atoms with Crippen molar-refractivity contribution < 1.29 is 0 Å². The lowest BCUT2D eigenvalue weighted by Crippen LogP contribution is -2.05. The number of nitrogens with zero attached hydrogens (tertiary/aromatic N) is 1. The van der Waals surface area contributed by atoms with Gasteiger partial charge in [0, 0.05) is 11.1 Å². The van der Waals surface area contributed by atoms with Gasteiger partial charge in [-0.15, -0.1) is 0 Å². The van der Waals surface area contributed by atoms with Gasteiger partial charge in [-0.2, -0.15) is 5.26 Å². The fourth-order valence-corrected chi connectivity index (χ4v) is 1.32. The van der Waals surface area contributed by atoms with Crippen molar-refractivity contribution in [3.8, 4) is 6.07 Å². The maximum atomic E-state index is 8.55. The minimum absolute atomic E-state index is 0.0924. The van der Waals surface area contributed by atoms with E-state index in [1.165, 1.54) is 0 Å². The Morgan fingerprint density at radius 3 is 2.67 bits per heavy atom. The van der Waals surface area contributed by atoms with E-state index >= 15 is 0 Å². The third kappa shape index (κ3) is 1.76. The first kappa shape index (κ1) is 9.05. The highest BCUT2D eigenvalue weighted by Crippen LogP contribution is 2.22. The number of nitrogens with two attached hydrogens (primary N) is 1. The van der Waals surface area contributed by atoms with E-state index in [1.807, 2.05) is 13.0 Å². The lowest BCUT2D eigenvalue weighted by molar-refractivity contribution is 0.818. The summed E-state index contributed by atoms with van der Waals surface area (Å²) in [6.07, 6.45) is 0. The van der Waals surface area contributed by atoms with Crippen molar-refractivity contribution in [3.63, 3.8) is 0 Å². The third-order valence-corrected chi connectivity index (χ3v) is 1.95. The number of hydrogen-bond acceptors (Lipinski definition) is 2. The van der Waals surface area contributed by atoms with Gasteiger partial charge in [0.2, 0.25) is 0 Å². The highest BCUT2D eigenvalue weighted by atomic mass is 35.5. The van der Waals surface area contributed by atoms with Crippen LogP contribution in [0.25, 0.3) is 0 Å². The molecule has 62 valence electrons. The first-order valence-electron chi connectivity index (χ1n) is 3.60. The van der Waals surface area contributed by atoms with Crippen LogP contribution in [0.15, 0.2) is 18.2 Å². The van der Waals surface area contributed by atoms with E-state index in [4.69, 9.17) is 22.6 Å². The van der Waals surface area contributed by atoms with Gasteiger partial charge in [-0.3, -0.25) is 0 Å². The number of rotatable bonds is 1. The second-order valence-electron chi connectivity index (χ2n) is 2.64. The molecule has 0 bridgehead atoms. The Balaban J connectivity index is 3.14. The Kier molecular flexibility index (Phi) is 2.69. The average Bonchev–Trinajstić information content (AvgIpc) is 2.03. The van der Waals surface area contributed by atoms with E-state index in [9.17, 15) is 0 Å². The predicted molar refractivity (Wildman–Crippen MR) is 48.8 cm³/mol. The topological polar surface area (TPSA) is 49.8 Å². The van der Waals surface area contributed by atoms with E-state index < -0.39 is 0 Å². The second-order valence-corrected chi connectivity index (χ2v) is 3.04. The Morgan fingerprint density at radius 2 is 2.25 bits per heavy atom. The number of halogens is 1. The quantitative estimate of drug-likeness (QED) is 0.721. The molecule has 0 saturated carbocycles. The SMILES string of the molecule is C[C@H](N)c1ccc(C#N)cc1Cl. The molecule has 12 heavy (non-hydrogen) atoms. The lowest BCUT2D eigenvalue weighted by atomic mass is 10.1. The maximum absolute atomic E-state index is 8.55. The zero-order valence-corrected chi connectivity index (χ0v) is 7.47. The molecule has 2 nitrogen and oxygen atoms in total. The van der Waals surface area contributed by atoms with Gasteiger partial charge < -0.3 is 5.73 Å². The summed E-state index contributed by atoms with van der Waals surface area (Å²) in [6, 6.07) is 7.04. The van der Waals surface area contributed by atoms with Gasteiger partial charge in [-0.05, 0) is 24.6 Å². The molecular formula is C9H9ClN2. The van der Waals surface area contributed by atoms with Gasteiger partial charge in [0.25, 0.3) is 0 Å². The highest BCUT2D eigenvalue weighted by Gasteiger charge is 2.04. The molecule has 1 aromatic rings. The lowest BCUT2D eigenvalue weighted by Gasteiger charge is -2.07. The molecule has 0 aromatic heterocycles. The summed E-state index contributed by atoms with van der Waals surface area (Å²) in [5.41, 5.74) is 7.07. The molecular weight excluding hydrogens is 172 g/mol. The molecule has 3 heteroatoms. The summed E-state index contributed by atoms with van der Waals surface area (Å²) in [5.74, 6) is 0. The molecule has 2 N–H and O–H groups in total. The van der Waals surface area contributed by atoms with Crippen LogP contribution in [0, 0.1) is 11.3 Å². The van der Waals surface area contributed by atoms with Crippen LogP contribution >= 0.6 is 11.6 Å².